The number of carbonyl (C=O) groups is 1. The molecular formula is C22H26N2O4. The van der Waals surface area contributed by atoms with Gasteiger partial charge in [0.15, 0.2) is 0 Å². The van der Waals surface area contributed by atoms with Gasteiger partial charge in [0, 0.05) is 30.8 Å². The van der Waals surface area contributed by atoms with Crippen LogP contribution in [0.4, 0.5) is 10.5 Å². The summed E-state index contributed by atoms with van der Waals surface area (Å²) >= 11 is 0. The molecule has 2 aromatic carbocycles. The van der Waals surface area contributed by atoms with Crippen LogP contribution < -0.4 is 10.1 Å². The zero-order valence-electron chi connectivity index (χ0n) is 16.1. The first kappa shape index (κ1) is 18.8. The molecular weight excluding hydrogens is 356 g/mol. The molecule has 0 aromatic heterocycles. The lowest BCUT2D eigenvalue weighted by Crippen LogP contribution is -2.47. The summed E-state index contributed by atoms with van der Waals surface area (Å²) in [5, 5.41) is 12.7. The van der Waals surface area contributed by atoms with Gasteiger partial charge in [0.05, 0.1) is 25.4 Å². The van der Waals surface area contributed by atoms with E-state index in [1.165, 1.54) is 0 Å². The number of hydrogen-bond acceptors (Lipinski definition) is 4. The van der Waals surface area contributed by atoms with Crippen molar-refractivity contribution >= 4 is 11.7 Å². The maximum atomic E-state index is 12.6. The molecule has 2 amide bonds. The third kappa shape index (κ3) is 3.84. The lowest BCUT2D eigenvalue weighted by molar-refractivity contribution is -0.0365. The zero-order valence-corrected chi connectivity index (χ0v) is 16.1. The Balaban J connectivity index is 1.36. The fourth-order valence-corrected chi connectivity index (χ4v) is 4.10. The topological polar surface area (TPSA) is 71.0 Å². The van der Waals surface area contributed by atoms with E-state index >= 15 is 0 Å². The predicted molar refractivity (Wildman–Crippen MR) is 108 cm³/mol. The molecule has 6 heteroatoms. The number of anilines is 1. The Morgan fingerprint density at radius 2 is 1.89 bits per heavy atom. The smallest absolute Gasteiger partial charge is 0.321 e. The van der Waals surface area contributed by atoms with E-state index in [0.29, 0.717) is 26.1 Å². The summed E-state index contributed by atoms with van der Waals surface area (Å²) in [6.45, 7) is 1.68. The summed E-state index contributed by atoms with van der Waals surface area (Å²) in [6.07, 6.45) is 1.84. The van der Waals surface area contributed by atoms with E-state index in [1.54, 1.807) is 7.11 Å². The fourth-order valence-electron chi connectivity index (χ4n) is 4.10. The highest BCUT2D eigenvalue weighted by molar-refractivity contribution is 5.89. The van der Waals surface area contributed by atoms with Crippen molar-refractivity contribution in [3.63, 3.8) is 0 Å². The number of aliphatic hydroxyl groups is 1. The van der Waals surface area contributed by atoms with Gasteiger partial charge in [0.2, 0.25) is 0 Å². The Labute approximate surface area is 165 Å². The summed E-state index contributed by atoms with van der Waals surface area (Å²) < 4.78 is 11.2. The molecule has 2 aliphatic heterocycles. The van der Waals surface area contributed by atoms with E-state index in [-0.39, 0.29) is 17.7 Å². The number of para-hydroxylation sites is 1. The maximum absolute atomic E-state index is 12.6. The number of hydrogen-bond donors (Lipinski definition) is 2. The number of carbonyl (C=O) groups excluding carboxylic acids is 1. The van der Waals surface area contributed by atoms with E-state index in [2.05, 4.69) is 5.32 Å². The lowest BCUT2D eigenvalue weighted by atomic mass is 9.88. The first-order valence-corrected chi connectivity index (χ1v) is 9.70. The van der Waals surface area contributed by atoms with Crippen LogP contribution in [-0.2, 0) is 4.74 Å². The van der Waals surface area contributed by atoms with Gasteiger partial charge in [0.25, 0.3) is 0 Å². The Bertz CT molecular complexity index is 829. The van der Waals surface area contributed by atoms with Crippen LogP contribution in [0.1, 0.15) is 19.3 Å². The third-order valence-electron chi connectivity index (χ3n) is 5.71. The molecule has 4 rings (SSSR count). The van der Waals surface area contributed by atoms with Crippen LogP contribution in [0.2, 0.25) is 0 Å². The minimum absolute atomic E-state index is 0.0987. The minimum Gasteiger partial charge on any atom is -0.496 e. The summed E-state index contributed by atoms with van der Waals surface area (Å²) in [6, 6.07) is 15.5. The molecule has 0 aliphatic carbocycles. The second kappa shape index (κ2) is 7.81. The largest absolute Gasteiger partial charge is 0.496 e. The average Bonchev–Trinajstić information content (AvgIpc) is 3.09. The van der Waals surface area contributed by atoms with E-state index in [4.69, 9.17) is 9.47 Å². The average molecular weight is 382 g/mol. The molecule has 6 nitrogen and oxygen atoms in total. The van der Waals surface area contributed by atoms with Crippen LogP contribution in [0.15, 0.2) is 48.5 Å². The Kier molecular flexibility index (Phi) is 5.24. The van der Waals surface area contributed by atoms with Crippen LogP contribution >= 0.6 is 0 Å². The molecule has 0 saturated carbocycles. The van der Waals surface area contributed by atoms with Gasteiger partial charge in [-0.1, -0.05) is 30.3 Å². The molecule has 2 saturated heterocycles. The third-order valence-corrected chi connectivity index (χ3v) is 5.71. The number of amides is 2. The number of benzene rings is 2. The molecule has 2 fully saturated rings. The SMILES string of the molecule is COc1ccccc1-c1ccc(NC(=O)N2CCC3(CC2)CC(O)CO3)cc1. The van der Waals surface area contributed by atoms with Crippen molar-refractivity contribution in [3.8, 4) is 16.9 Å². The van der Waals surface area contributed by atoms with E-state index in [1.807, 2.05) is 53.4 Å². The van der Waals surface area contributed by atoms with Gasteiger partial charge < -0.3 is 24.8 Å². The summed E-state index contributed by atoms with van der Waals surface area (Å²) in [5.41, 5.74) is 2.57. The summed E-state index contributed by atoms with van der Waals surface area (Å²) in [7, 11) is 1.66. The predicted octanol–water partition coefficient (Wildman–Crippen LogP) is 3.51. The van der Waals surface area contributed by atoms with Crippen molar-refractivity contribution in [3.05, 3.63) is 48.5 Å². The normalized spacial score (nSPS) is 20.9. The molecule has 148 valence electrons. The molecule has 0 bridgehead atoms. The van der Waals surface area contributed by atoms with Gasteiger partial charge >= 0.3 is 6.03 Å². The standard InChI is InChI=1S/C22H26N2O4/c1-27-20-5-3-2-4-19(20)16-6-8-17(9-7-16)23-21(26)24-12-10-22(11-13-24)14-18(25)15-28-22/h2-9,18,25H,10-15H2,1H3,(H,23,26). The van der Waals surface area contributed by atoms with Gasteiger partial charge in [-0.25, -0.2) is 4.79 Å². The summed E-state index contributed by atoms with van der Waals surface area (Å²) in [5.74, 6) is 0.820. The van der Waals surface area contributed by atoms with Crippen LogP contribution in [-0.4, -0.2) is 54.5 Å². The van der Waals surface area contributed by atoms with E-state index < -0.39 is 0 Å². The van der Waals surface area contributed by atoms with Crippen molar-refractivity contribution in [1.29, 1.82) is 0 Å². The zero-order chi connectivity index (χ0) is 19.6. The first-order chi connectivity index (χ1) is 13.6. The second-order valence-electron chi connectivity index (χ2n) is 7.55. The number of urea groups is 1. The van der Waals surface area contributed by atoms with Crippen LogP contribution in [0.3, 0.4) is 0 Å². The molecule has 2 aromatic rings. The number of nitrogens with one attached hydrogen (secondary N) is 1. The van der Waals surface area contributed by atoms with Crippen molar-refractivity contribution < 1.29 is 19.4 Å². The van der Waals surface area contributed by atoms with Gasteiger partial charge in [0.1, 0.15) is 5.75 Å². The van der Waals surface area contributed by atoms with Crippen LogP contribution in [0.25, 0.3) is 11.1 Å². The van der Waals surface area contributed by atoms with Crippen molar-refractivity contribution in [1.82, 2.24) is 4.90 Å². The molecule has 2 aliphatic rings. The molecule has 1 atom stereocenters. The molecule has 1 unspecified atom stereocenters. The Morgan fingerprint density at radius 3 is 2.54 bits per heavy atom. The Morgan fingerprint density at radius 1 is 1.18 bits per heavy atom. The molecule has 2 N–H and O–H groups in total. The number of nitrogens with zero attached hydrogens (tertiary/aromatic N) is 1. The van der Waals surface area contributed by atoms with Gasteiger partial charge in [-0.05, 0) is 36.6 Å². The van der Waals surface area contributed by atoms with Gasteiger partial charge in [-0.2, -0.15) is 0 Å². The molecule has 1 spiro atoms. The number of ether oxygens (including phenoxy) is 2. The number of rotatable bonds is 3. The monoisotopic (exact) mass is 382 g/mol. The highest BCUT2D eigenvalue weighted by atomic mass is 16.5. The first-order valence-electron chi connectivity index (χ1n) is 9.70. The highest BCUT2D eigenvalue weighted by Crippen LogP contribution is 2.36. The van der Waals surface area contributed by atoms with Crippen LogP contribution in [0.5, 0.6) is 5.75 Å². The van der Waals surface area contributed by atoms with Crippen molar-refractivity contribution in [2.75, 3.05) is 32.1 Å². The van der Waals surface area contributed by atoms with Gasteiger partial charge in [-0.3, -0.25) is 0 Å². The maximum Gasteiger partial charge on any atom is 0.321 e. The van der Waals surface area contributed by atoms with E-state index in [9.17, 15) is 9.90 Å². The van der Waals surface area contributed by atoms with Crippen molar-refractivity contribution in [2.45, 2.75) is 31.0 Å². The van der Waals surface area contributed by atoms with Crippen LogP contribution in [0, 0.1) is 0 Å². The summed E-state index contributed by atoms with van der Waals surface area (Å²) in [4.78, 5) is 14.4. The Hall–Kier alpha value is -2.57. The number of aliphatic hydroxyl groups excluding tert-OH is 1. The fraction of sp³-hybridized carbons (Fsp3) is 0.409. The van der Waals surface area contributed by atoms with E-state index in [0.717, 1.165) is 35.4 Å². The lowest BCUT2D eigenvalue weighted by Gasteiger charge is -2.38. The number of likely N-dealkylation sites (tertiary alicyclic amines) is 1. The quantitative estimate of drug-likeness (QED) is 0.852. The van der Waals surface area contributed by atoms with Crippen molar-refractivity contribution in [2.24, 2.45) is 0 Å². The second-order valence-corrected chi connectivity index (χ2v) is 7.55. The number of piperidine rings is 1. The van der Waals surface area contributed by atoms with Gasteiger partial charge in [-0.15, -0.1) is 0 Å². The minimum atomic E-state index is -0.373. The highest BCUT2D eigenvalue weighted by Gasteiger charge is 2.42. The molecule has 2 heterocycles. The molecule has 28 heavy (non-hydrogen) atoms. The number of methoxy groups -OCH3 is 1. The molecule has 0 radical (unpaired) electrons.